The Hall–Kier alpha value is -2.24. The number of aromatic nitrogens is 2. The first-order valence-corrected chi connectivity index (χ1v) is 9.99. The van der Waals surface area contributed by atoms with Crippen molar-refractivity contribution in [1.29, 1.82) is 0 Å². The Bertz CT molecular complexity index is 1060. The standard InChI is InChI=1S/C20H18N2OS2/c1-13(2)14-5-7-15(8-6-14)17-11-25-19-18(17)20(23)22(12-21-19)10-16-4-3-9-24-16/h3-9,11-13H,10H2,1-2H3. The van der Waals surface area contributed by atoms with Gasteiger partial charge in [0.15, 0.2) is 0 Å². The number of hydrogen-bond acceptors (Lipinski definition) is 4. The lowest BCUT2D eigenvalue weighted by atomic mass is 9.99. The second-order valence-electron chi connectivity index (χ2n) is 6.36. The molecule has 1 aromatic carbocycles. The molecule has 3 nitrogen and oxygen atoms in total. The van der Waals surface area contributed by atoms with E-state index in [9.17, 15) is 4.79 Å². The molecule has 25 heavy (non-hydrogen) atoms. The molecule has 0 saturated heterocycles. The number of benzene rings is 1. The quantitative estimate of drug-likeness (QED) is 0.487. The van der Waals surface area contributed by atoms with Gasteiger partial charge in [0.05, 0.1) is 18.3 Å². The van der Waals surface area contributed by atoms with E-state index in [-0.39, 0.29) is 5.56 Å². The maximum Gasteiger partial charge on any atom is 0.263 e. The van der Waals surface area contributed by atoms with E-state index in [2.05, 4.69) is 43.1 Å². The highest BCUT2D eigenvalue weighted by atomic mass is 32.1. The molecule has 0 saturated carbocycles. The van der Waals surface area contributed by atoms with E-state index in [0.717, 1.165) is 26.2 Å². The zero-order valence-electron chi connectivity index (χ0n) is 14.1. The Morgan fingerprint density at radius 3 is 2.60 bits per heavy atom. The van der Waals surface area contributed by atoms with E-state index in [4.69, 9.17) is 0 Å². The Kier molecular flexibility index (Phi) is 4.27. The molecule has 0 aliphatic carbocycles. The SMILES string of the molecule is CC(C)c1ccc(-c2csc3ncn(Cc4cccs4)c(=O)c23)cc1. The number of thiophene rings is 2. The predicted octanol–water partition coefficient (Wildman–Crippen LogP) is 5.36. The number of fused-ring (bicyclic) bond motifs is 1. The first-order chi connectivity index (χ1) is 12.1. The van der Waals surface area contributed by atoms with E-state index in [1.54, 1.807) is 22.2 Å². The molecule has 0 radical (unpaired) electrons. The maximum absolute atomic E-state index is 13.0. The van der Waals surface area contributed by atoms with Gasteiger partial charge >= 0.3 is 0 Å². The van der Waals surface area contributed by atoms with Crippen LogP contribution in [0.3, 0.4) is 0 Å². The van der Waals surface area contributed by atoms with E-state index in [1.165, 1.54) is 16.9 Å². The lowest BCUT2D eigenvalue weighted by Gasteiger charge is -2.07. The van der Waals surface area contributed by atoms with Crippen molar-refractivity contribution in [3.8, 4) is 11.1 Å². The Morgan fingerprint density at radius 1 is 1.12 bits per heavy atom. The molecule has 0 bridgehead atoms. The van der Waals surface area contributed by atoms with Gasteiger partial charge in [-0.05, 0) is 28.5 Å². The third-order valence-corrected chi connectivity index (χ3v) is 6.10. The van der Waals surface area contributed by atoms with E-state index in [0.29, 0.717) is 12.5 Å². The molecule has 3 heterocycles. The van der Waals surface area contributed by atoms with Crippen LogP contribution in [-0.2, 0) is 6.54 Å². The van der Waals surface area contributed by atoms with E-state index < -0.39 is 0 Å². The molecule has 4 aromatic rings. The highest BCUT2D eigenvalue weighted by Crippen LogP contribution is 2.31. The fourth-order valence-electron chi connectivity index (χ4n) is 2.91. The summed E-state index contributed by atoms with van der Waals surface area (Å²) < 4.78 is 1.70. The number of rotatable bonds is 4. The summed E-state index contributed by atoms with van der Waals surface area (Å²) in [6.45, 7) is 4.94. The summed E-state index contributed by atoms with van der Waals surface area (Å²) in [6, 6.07) is 12.5. The van der Waals surface area contributed by atoms with Crippen molar-refractivity contribution in [2.24, 2.45) is 0 Å². The highest BCUT2D eigenvalue weighted by molar-refractivity contribution is 7.17. The van der Waals surface area contributed by atoms with Crippen molar-refractivity contribution in [3.05, 3.63) is 74.3 Å². The molecular formula is C20H18N2OS2. The molecular weight excluding hydrogens is 348 g/mol. The normalized spacial score (nSPS) is 11.5. The second-order valence-corrected chi connectivity index (χ2v) is 8.25. The van der Waals surface area contributed by atoms with Gasteiger partial charge in [0.25, 0.3) is 5.56 Å². The van der Waals surface area contributed by atoms with Crippen molar-refractivity contribution in [2.75, 3.05) is 0 Å². The predicted molar refractivity (Wildman–Crippen MR) is 107 cm³/mol. The lowest BCUT2D eigenvalue weighted by Crippen LogP contribution is -2.20. The molecule has 0 unspecified atom stereocenters. The fourth-order valence-corrected chi connectivity index (χ4v) is 4.52. The first kappa shape index (κ1) is 16.2. The Morgan fingerprint density at radius 2 is 1.92 bits per heavy atom. The van der Waals surface area contributed by atoms with E-state index in [1.807, 2.05) is 22.9 Å². The van der Waals surface area contributed by atoms with Crippen molar-refractivity contribution in [3.63, 3.8) is 0 Å². The van der Waals surface area contributed by atoms with Gasteiger partial charge in [0.1, 0.15) is 4.83 Å². The van der Waals surface area contributed by atoms with Crippen molar-refractivity contribution in [2.45, 2.75) is 26.3 Å². The number of hydrogen-bond donors (Lipinski definition) is 0. The van der Waals surface area contributed by atoms with Crippen molar-refractivity contribution >= 4 is 32.9 Å². The van der Waals surface area contributed by atoms with Crippen LogP contribution in [0.4, 0.5) is 0 Å². The minimum absolute atomic E-state index is 0.0302. The molecule has 0 N–H and O–H groups in total. The molecule has 0 spiro atoms. The Balaban J connectivity index is 1.81. The number of nitrogens with zero attached hydrogens (tertiary/aromatic N) is 2. The van der Waals surface area contributed by atoms with Crippen LogP contribution in [0.15, 0.2) is 58.3 Å². The molecule has 3 aromatic heterocycles. The monoisotopic (exact) mass is 366 g/mol. The van der Waals surface area contributed by atoms with Gasteiger partial charge in [0, 0.05) is 15.8 Å². The van der Waals surface area contributed by atoms with Gasteiger partial charge in [-0.3, -0.25) is 9.36 Å². The summed E-state index contributed by atoms with van der Waals surface area (Å²) in [5.41, 5.74) is 3.39. The zero-order valence-corrected chi connectivity index (χ0v) is 15.7. The minimum Gasteiger partial charge on any atom is -0.293 e. The topological polar surface area (TPSA) is 34.9 Å². The van der Waals surface area contributed by atoms with Crippen LogP contribution in [0, 0.1) is 0 Å². The van der Waals surface area contributed by atoms with Gasteiger partial charge in [-0.25, -0.2) is 4.98 Å². The minimum atomic E-state index is 0.0302. The van der Waals surface area contributed by atoms with Gasteiger partial charge in [0.2, 0.25) is 0 Å². The molecule has 0 fully saturated rings. The van der Waals surface area contributed by atoms with Gasteiger partial charge in [-0.1, -0.05) is 44.2 Å². The lowest BCUT2D eigenvalue weighted by molar-refractivity contribution is 0.759. The molecule has 5 heteroatoms. The Labute approximate surface area is 154 Å². The van der Waals surface area contributed by atoms with Crippen LogP contribution in [0.5, 0.6) is 0 Å². The third-order valence-electron chi connectivity index (χ3n) is 4.36. The zero-order chi connectivity index (χ0) is 17.4. The summed E-state index contributed by atoms with van der Waals surface area (Å²) in [7, 11) is 0. The van der Waals surface area contributed by atoms with Gasteiger partial charge in [-0.15, -0.1) is 22.7 Å². The molecule has 0 aliphatic rings. The molecule has 126 valence electrons. The third kappa shape index (κ3) is 3.05. The van der Waals surface area contributed by atoms with Crippen LogP contribution in [0.2, 0.25) is 0 Å². The summed E-state index contributed by atoms with van der Waals surface area (Å²) >= 11 is 3.18. The van der Waals surface area contributed by atoms with Crippen LogP contribution in [0.25, 0.3) is 21.3 Å². The molecule has 0 amide bonds. The maximum atomic E-state index is 13.0. The van der Waals surface area contributed by atoms with Crippen LogP contribution >= 0.6 is 22.7 Å². The highest BCUT2D eigenvalue weighted by Gasteiger charge is 2.14. The van der Waals surface area contributed by atoms with Crippen molar-refractivity contribution < 1.29 is 0 Å². The average Bonchev–Trinajstić information content (AvgIpc) is 3.27. The van der Waals surface area contributed by atoms with Gasteiger partial charge in [-0.2, -0.15) is 0 Å². The first-order valence-electron chi connectivity index (χ1n) is 8.23. The molecule has 0 atom stereocenters. The summed E-state index contributed by atoms with van der Waals surface area (Å²) in [4.78, 5) is 19.5. The summed E-state index contributed by atoms with van der Waals surface area (Å²) in [5.74, 6) is 0.498. The second kappa shape index (κ2) is 6.58. The largest absolute Gasteiger partial charge is 0.293 e. The van der Waals surface area contributed by atoms with Crippen LogP contribution in [-0.4, -0.2) is 9.55 Å². The smallest absolute Gasteiger partial charge is 0.263 e. The summed E-state index contributed by atoms with van der Waals surface area (Å²) in [6.07, 6.45) is 1.66. The van der Waals surface area contributed by atoms with Crippen molar-refractivity contribution in [1.82, 2.24) is 9.55 Å². The van der Waals surface area contributed by atoms with Crippen LogP contribution in [0.1, 0.15) is 30.2 Å². The van der Waals surface area contributed by atoms with Gasteiger partial charge < -0.3 is 0 Å². The molecule has 0 aliphatic heterocycles. The average molecular weight is 367 g/mol. The van der Waals surface area contributed by atoms with E-state index >= 15 is 0 Å². The molecule has 4 rings (SSSR count). The summed E-state index contributed by atoms with van der Waals surface area (Å²) in [5, 5.41) is 4.79. The van der Waals surface area contributed by atoms with Crippen LogP contribution < -0.4 is 5.56 Å². The fraction of sp³-hybridized carbons (Fsp3) is 0.200.